The van der Waals surface area contributed by atoms with Crippen molar-refractivity contribution in [3.63, 3.8) is 0 Å². The highest BCUT2D eigenvalue weighted by atomic mass is 35.5. The minimum atomic E-state index is -0.677. The molecule has 0 unspecified atom stereocenters. The average molecular weight is 326 g/mol. The van der Waals surface area contributed by atoms with Crippen LogP contribution in [-0.2, 0) is 4.79 Å². The van der Waals surface area contributed by atoms with Gasteiger partial charge in [0.1, 0.15) is 0 Å². The van der Waals surface area contributed by atoms with Crippen LogP contribution in [-0.4, -0.2) is 47.4 Å². The molecule has 0 bridgehead atoms. The van der Waals surface area contributed by atoms with E-state index in [1.54, 1.807) is 0 Å². The van der Waals surface area contributed by atoms with Gasteiger partial charge in [-0.15, -0.1) is 23.2 Å². The van der Waals surface area contributed by atoms with Crippen LogP contribution in [0.2, 0.25) is 0 Å². The lowest BCUT2D eigenvalue weighted by molar-refractivity contribution is -0.137. The number of alkyl halides is 2. The van der Waals surface area contributed by atoms with Crippen LogP contribution in [0.25, 0.3) is 0 Å². The summed E-state index contributed by atoms with van der Waals surface area (Å²) < 4.78 is 0. The molecule has 0 rings (SSSR count). The molecule has 0 saturated heterocycles. The number of hydrogen-bond acceptors (Lipinski definition) is 2. The second kappa shape index (κ2) is 15.4. The van der Waals surface area contributed by atoms with Crippen LogP contribution in [0, 0.1) is 0 Å². The maximum atomic E-state index is 10.3. The zero-order chi connectivity index (χ0) is 15.1. The number of carbonyl (C=O) groups is 1. The van der Waals surface area contributed by atoms with E-state index in [9.17, 15) is 4.79 Å². The first kappa shape index (κ1) is 20.0. The largest absolute Gasteiger partial charge is 0.481 e. The molecule has 0 aliphatic rings. The molecule has 0 aliphatic carbocycles. The first-order chi connectivity index (χ1) is 9.70. The third-order valence-corrected chi connectivity index (χ3v) is 3.75. The van der Waals surface area contributed by atoms with Crippen molar-refractivity contribution in [3.05, 3.63) is 0 Å². The van der Waals surface area contributed by atoms with Crippen LogP contribution in [0.15, 0.2) is 0 Å². The van der Waals surface area contributed by atoms with E-state index < -0.39 is 5.97 Å². The lowest BCUT2D eigenvalue weighted by atomic mass is 10.1. The fourth-order valence-electron chi connectivity index (χ4n) is 2.25. The number of carboxylic acids is 1. The van der Waals surface area contributed by atoms with Crippen LogP contribution < -0.4 is 0 Å². The van der Waals surface area contributed by atoms with Crippen molar-refractivity contribution in [2.24, 2.45) is 0 Å². The minimum absolute atomic E-state index is 0.316. The van der Waals surface area contributed by atoms with E-state index >= 15 is 0 Å². The predicted molar refractivity (Wildman–Crippen MR) is 87.1 cm³/mol. The Balaban J connectivity index is 3.24. The van der Waals surface area contributed by atoms with Crippen LogP contribution in [0.3, 0.4) is 0 Å². The molecule has 0 heterocycles. The average Bonchev–Trinajstić information content (AvgIpc) is 2.41. The second-order valence-corrected chi connectivity index (χ2v) is 5.95. The van der Waals surface area contributed by atoms with Crippen LogP contribution in [0.1, 0.15) is 57.8 Å². The van der Waals surface area contributed by atoms with Crippen molar-refractivity contribution in [3.8, 4) is 0 Å². The van der Waals surface area contributed by atoms with Gasteiger partial charge in [0, 0.05) is 31.3 Å². The lowest BCUT2D eigenvalue weighted by Crippen LogP contribution is -2.28. The summed E-state index contributed by atoms with van der Waals surface area (Å²) in [5, 5.41) is 8.51. The van der Waals surface area contributed by atoms with Crippen molar-refractivity contribution in [2.75, 3.05) is 31.4 Å². The van der Waals surface area contributed by atoms with E-state index in [0.29, 0.717) is 18.2 Å². The summed E-state index contributed by atoms with van der Waals surface area (Å²) in [6.45, 7) is 2.95. The topological polar surface area (TPSA) is 40.5 Å². The van der Waals surface area contributed by atoms with Gasteiger partial charge in [-0.2, -0.15) is 0 Å². The third kappa shape index (κ3) is 14.4. The van der Waals surface area contributed by atoms with E-state index in [1.807, 2.05) is 0 Å². The molecule has 0 aliphatic heterocycles. The number of nitrogens with zero attached hydrogens (tertiary/aromatic N) is 1. The summed E-state index contributed by atoms with van der Waals surface area (Å²) in [7, 11) is 0. The van der Waals surface area contributed by atoms with Gasteiger partial charge in [0.2, 0.25) is 0 Å². The molecule has 0 aromatic rings. The molecule has 0 aromatic heterocycles. The number of hydrogen-bond donors (Lipinski definition) is 1. The monoisotopic (exact) mass is 325 g/mol. The van der Waals surface area contributed by atoms with Crippen molar-refractivity contribution < 1.29 is 9.90 Å². The van der Waals surface area contributed by atoms with Crippen molar-refractivity contribution in [2.45, 2.75) is 57.8 Å². The van der Waals surface area contributed by atoms with Crippen LogP contribution >= 0.6 is 23.2 Å². The number of aliphatic carboxylic acids is 1. The molecule has 0 atom stereocenters. The molecule has 0 fully saturated rings. The van der Waals surface area contributed by atoms with Gasteiger partial charge in [-0.3, -0.25) is 4.79 Å². The van der Waals surface area contributed by atoms with E-state index in [4.69, 9.17) is 28.3 Å². The standard InChI is InChI=1S/C15H29Cl2NO2/c16-10-13-18(14-11-17)12-8-6-4-2-1-3-5-7-9-15(19)20/h1-14H2,(H,19,20). The maximum Gasteiger partial charge on any atom is 0.303 e. The van der Waals surface area contributed by atoms with Gasteiger partial charge in [0.15, 0.2) is 0 Å². The number of unbranched alkanes of at least 4 members (excludes halogenated alkanes) is 7. The Morgan fingerprint density at radius 2 is 1.20 bits per heavy atom. The molecule has 0 amide bonds. The summed E-state index contributed by atoms with van der Waals surface area (Å²) in [6, 6.07) is 0. The smallest absolute Gasteiger partial charge is 0.303 e. The normalized spacial score (nSPS) is 11.2. The first-order valence-electron chi connectivity index (χ1n) is 7.76. The SMILES string of the molecule is O=C(O)CCCCCCCCCCN(CCCl)CCCl. The van der Waals surface area contributed by atoms with E-state index in [-0.39, 0.29) is 0 Å². The van der Waals surface area contributed by atoms with E-state index in [0.717, 1.165) is 38.9 Å². The Kier molecular flexibility index (Phi) is 15.4. The highest BCUT2D eigenvalue weighted by Gasteiger charge is 2.02. The Hall–Kier alpha value is 0.01000. The minimum Gasteiger partial charge on any atom is -0.481 e. The zero-order valence-electron chi connectivity index (χ0n) is 12.5. The van der Waals surface area contributed by atoms with Crippen LogP contribution in [0.5, 0.6) is 0 Å². The highest BCUT2D eigenvalue weighted by molar-refractivity contribution is 6.18. The maximum absolute atomic E-state index is 10.3. The molecule has 0 aromatic carbocycles. The molecule has 120 valence electrons. The summed E-state index contributed by atoms with van der Waals surface area (Å²) in [6.07, 6.45) is 9.59. The number of rotatable bonds is 15. The van der Waals surface area contributed by atoms with Gasteiger partial charge in [0.05, 0.1) is 0 Å². The highest BCUT2D eigenvalue weighted by Crippen LogP contribution is 2.10. The van der Waals surface area contributed by atoms with E-state index in [1.165, 1.54) is 32.1 Å². The molecule has 0 saturated carbocycles. The zero-order valence-corrected chi connectivity index (χ0v) is 14.0. The fraction of sp³-hybridized carbons (Fsp3) is 0.933. The Bertz CT molecular complexity index is 222. The van der Waals surface area contributed by atoms with Crippen molar-refractivity contribution in [1.82, 2.24) is 4.90 Å². The first-order valence-corrected chi connectivity index (χ1v) is 8.83. The fourth-order valence-corrected chi connectivity index (χ4v) is 2.72. The van der Waals surface area contributed by atoms with Crippen molar-refractivity contribution in [1.29, 1.82) is 0 Å². The Morgan fingerprint density at radius 1 is 0.750 bits per heavy atom. The molecular formula is C15H29Cl2NO2. The van der Waals surface area contributed by atoms with Gasteiger partial charge in [-0.05, 0) is 19.4 Å². The van der Waals surface area contributed by atoms with Gasteiger partial charge >= 0.3 is 5.97 Å². The summed E-state index contributed by atoms with van der Waals surface area (Å²) in [5.74, 6) is 0.670. The molecule has 0 radical (unpaired) electrons. The van der Waals surface area contributed by atoms with E-state index in [2.05, 4.69) is 4.90 Å². The molecule has 20 heavy (non-hydrogen) atoms. The predicted octanol–water partition coefficient (Wildman–Crippen LogP) is 4.36. The Morgan fingerprint density at radius 3 is 1.65 bits per heavy atom. The lowest BCUT2D eigenvalue weighted by Gasteiger charge is -2.19. The molecular weight excluding hydrogens is 297 g/mol. The van der Waals surface area contributed by atoms with Gasteiger partial charge in [-0.1, -0.05) is 38.5 Å². The second-order valence-electron chi connectivity index (χ2n) is 5.19. The molecule has 5 heteroatoms. The summed E-state index contributed by atoms with van der Waals surface area (Å²) >= 11 is 11.5. The van der Waals surface area contributed by atoms with Gasteiger partial charge < -0.3 is 10.0 Å². The number of carboxylic acid groups (broad SMARTS) is 1. The van der Waals surface area contributed by atoms with Crippen molar-refractivity contribution >= 4 is 29.2 Å². The molecule has 0 spiro atoms. The summed E-state index contributed by atoms with van der Waals surface area (Å²) in [5.41, 5.74) is 0. The van der Waals surface area contributed by atoms with Gasteiger partial charge in [-0.25, -0.2) is 0 Å². The molecule has 1 N–H and O–H groups in total. The van der Waals surface area contributed by atoms with Crippen LogP contribution in [0.4, 0.5) is 0 Å². The third-order valence-electron chi connectivity index (χ3n) is 3.42. The quantitative estimate of drug-likeness (QED) is 0.359. The molecule has 3 nitrogen and oxygen atoms in total. The van der Waals surface area contributed by atoms with Gasteiger partial charge in [0.25, 0.3) is 0 Å². The number of halogens is 2. The Labute approximate surface area is 133 Å². The summed E-state index contributed by atoms with van der Waals surface area (Å²) in [4.78, 5) is 12.7.